The maximum absolute atomic E-state index is 11.5. The van der Waals surface area contributed by atoms with Gasteiger partial charge < -0.3 is 11.1 Å². The van der Waals surface area contributed by atoms with Gasteiger partial charge in [-0.2, -0.15) is 0 Å². The van der Waals surface area contributed by atoms with Crippen LogP contribution in [0, 0.1) is 11.8 Å². The van der Waals surface area contributed by atoms with E-state index in [1.807, 2.05) is 27.7 Å². The first-order chi connectivity index (χ1) is 6.88. The smallest absolute Gasteiger partial charge is 0.240 e. The van der Waals surface area contributed by atoms with Crippen LogP contribution in [-0.2, 0) is 9.59 Å². The molecule has 2 atom stereocenters. The van der Waals surface area contributed by atoms with Crippen LogP contribution in [0.5, 0.6) is 0 Å². The van der Waals surface area contributed by atoms with Crippen LogP contribution < -0.4 is 11.1 Å². The highest BCUT2D eigenvalue weighted by molar-refractivity contribution is 5.86. The number of nitrogens with two attached hydrogens (primary N) is 1. The van der Waals surface area contributed by atoms with Crippen molar-refractivity contribution in [2.75, 3.05) is 0 Å². The van der Waals surface area contributed by atoms with E-state index >= 15 is 0 Å². The Morgan fingerprint density at radius 1 is 1.27 bits per heavy atom. The van der Waals surface area contributed by atoms with Crippen molar-refractivity contribution in [1.82, 2.24) is 5.32 Å². The van der Waals surface area contributed by atoms with Crippen LogP contribution in [0.2, 0.25) is 0 Å². The maximum Gasteiger partial charge on any atom is 0.240 e. The third-order valence-corrected chi connectivity index (χ3v) is 2.43. The van der Waals surface area contributed by atoms with E-state index in [1.165, 1.54) is 0 Å². The molecule has 3 N–H and O–H groups in total. The molecule has 0 aromatic heterocycles. The fraction of sp³-hybridized carbons (Fsp3) is 0.818. The van der Waals surface area contributed by atoms with Gasteiger partial charge in [-0.15, -0.1) is 0 Å². The number of hydrogen-bond acceptors (Lipinski definition) is 2. The quantitative estimate of drug-likeness (QED) is 0.693. The molecule has 0 saturated carbocycles. The summed E-state index contributed by atoms with van der Waals surface area (Å²) in [5, 5.41) is 2.68. The van der Waals surface area contributed by atoms with Gasteiger partial charge in [0.25, 0.3) is 0 Å². The summed E-state index contributed by atoms with van der Waals surface area (Å²) in [7, 11) is 0. The molecule has 0 aliphatic heterocycles. The van der Waals surface area contributed by atoms with Crippen LogP contribution in [0.15, 0.2) is 0 Å². The lowest BCUT2D eigenvalue weighted by molar-refractivity contribution is -0.128. The van der Waals surface area contributed by atoms with E-state index < -0.39 is 11.9 Å². The number of carbonyl (C=O) groups is 2. The third-order valence-electron chi connectivity index (χ3n) is 2.43. The van der Waals surface area contributed by atoms with Crippen molar-refractivity contribution >= 4 is 11.8 Å². The number of hydrogen-bond donors (Lipinski definition) is 2. The van der Waals surface area contributed by atoms with Crippen molar-refractivity contribution in [3.05, 3.63) is 0 Å². The molecule has 0 aliphatic carbocycles. The average Bonchev–Trinajstić information content (AvgIpc) is 2.11. The molecule has 0 unspecified atom stereocenters. The molecular weight excluding hydrogens is 192 g/mol. The van der Waals surface area contributed by atoms with Crippen molar-refractivity contribution in [2.24, 2.45) is 17.6 Å². The van der Waals surface area contributed by atoms with Crippen LogP contribution in [-0.4, -0.2) is 17.9 Å². The Labute approximate surface area is 91.6 Å². The fourth-order valence-corrected chi connectivity index (χ4v) is 1.33. The fourth-order valence-electron chi connectivity index (χ4n) is 1.33. The van der Waals surface area contributed by atoms with E-state index in [1.54, 1.807) is 0 Å². The second-order valence-corrected chi connectivity index (χ2v) is 4.43. The molecule has 0 radical (unpaired) electrons. The summed E-state index contributed by atoms with van der Waals surface area (Å²) in [5.41, 5.74) is 5.24. The van der Waals surface area contributed by atoms with E-state index in [4.69, 9.17) is 5.73 Å². The highest BCUT2D eigenvalue weighted by Gasteiger charge is 2.23. The molecule has 0 aliphatic rings. The molecule has 4 heteroatoms. The number of amides is 2. The Bertz CT molecular complexity index is 227. The molecule has 2 amide bonds. The van der Waals surface area contributed by atoms with Gasteiger partial charge in [0.15, 0.2) is 0 Å². The third kappa shape index (κ3) is 5.40. The standard InChI is InChI=1S/C11H22N2O2/c1-5-8(4)10(11(12)15)13-9(14)6-7(2)3/h7-8,10H,5-6H2,1-4H3,(H2,12,15)(H,13,14)/t8-,10+/m1/s1. The topological polar surface area (TPSA) is 72.2 Å². The Kier molecular flexibility index (Phi) is 5.97. The zero-order valence-corrected chi connectivity index (χ0v) is 10.0. The minimum Gasteiger partial charge on any atom is -0.368 e. The molecular formula is C11H22N2O2. The normalized spacial score (nSPS) is 14.7. The van der Waals surface area contributed by atoms with E-state index in [0.29, 0.717) is 6.42 Å². The molecule has 88 valence electrons. The van der Waals surface area contributed by atoms with Gasteiger partial charge >= 0.3 is 0 Å². The first kappa shape index (κ1) is 13.9. The Morgan fingerprint density at radius 3 is 2.13 bits per heavy atom. The second kappa shape index (κ2) is 6.43. The second-order valence-electron chi connectivity index (χ2n) is 4.43. The maximum atomic E-state index is 11.5. The zero-order valence-electron chi connectivity index (χ0n) is 10.0. The van der Waals surface area contributed by atoms with Gasteiger partial charge in [-0.3, -0.25) is 9.59 Å². The molecule has 0 fully saturated rings. The first-order valence-electron chi connectivity index (χ1n) is 5.47. The number of rotatable bonds is 6. The molecule has 0 saturated heterocycles. The molecule has 0 aromatic carbocycles. The highest BCUT2D eigenvalue weighted by Crippen LogP contribution is 2.08. The Balaban J connectivity index is 4.29. The average molecular weight is 214 g/mol. The van der Waals surface area contributed by atoms with Gasteiger partial charge in [0.2, 0.25) is 11.8 Å². The van der Waals surface area contributed by atoms with Crippen LogP contribution in [0.1, 0.15) is 40.5 Å². The Hall–Kier alpha value is -1.06. The summed E-state index contributed by atoms with van der Waals surface area (Å²) in [4.78, 5) is 22.6. The SMILES string of the molecule is CC[C@@H](C)[C@H](NC(=O)CC(C)C)C(N)=O. The van der Waals surface area contributed by atoms with E-state index in [9.17, 15) is 9.59 Å². The first-order valence-corrected chi connectivity index (χ1v) is 5.47. The minimum absolute atomic E-state index is 0.0820. The van der Waals surface area contributed by atoms with E-state index in [2.05, 4.69) is 5.32 Å². The molecule has 0 aromatic rings. The summed E-state index contributed by atoms with van der Waals surface area (Å²) in [6, 6.07) is -0.541. The Morgan fingerprint density at radius 2 is 1.80 bits per heavy atom. The van der Waals surface area contributed by atoms with Crippen LogP contribution in [0.4, 0.5) is 0 Å². The van der Waals surface area contributed by atoms with Gasteiger partial charge in [0.1, 0.15) is 6.04 Å². The molecule has 15 heavy (non-hydrogen) atoms. The van der Waals surface area contributed by atoms with Crippen molar-refractivity contribution in [3.8, 4) is 0 Å². The lowest BCUT2D eigenvalue weighted by Gasteiger charge is -2.21. The van der Waals surface area contributed by atoms with Gasteiger partial charge in [-0.1, -0.05) is 34.1 Å². The van der Waals surface area contributed by atoms with Gasteiger partial charge in [0.05, 0.1) is 0 Å². The molecule has 4 nitrogen and oxygen atoms in total. The lowest BCUT2D eigenvalue weighted by atomic mass is 9.98. The highest BCUT2D eigenvalue weighted by atomic mass is 16.2. The number of carbonyl (C=O) groups excluding carboxylic acids is 2. The minimum atomic E-state index is -0.541. The summed E-state index contributed by atoms with van der Waals surface area (Å²) >= 11 is 0. The predicted octanol–water partition coefficient (Wildman–Crippen LogP) is 1.05. The van der Waals surface area contributed by atoms with Crippen molar-refractivity contribution in [3.63, 3.8) is 0 Å². The van der Waals surface area contributed by atoms with Crippen LogP contribution >= 0.6 is 0 Å². The number of primary amides is 1. The zero-order chi connectivity index (χ0) is 12.0. The van der Waals surface area contributed by atoms with E-state index in [0.717, 1.165) is 6.42 Å². The summed E-state index contributed by atoms with van der Waals surface area (Å²) in [6.45, 7) is 7.80. The molecule has 0 heterocycles. The predicted molar refractivity (Wildman–Crippen MR) is 60.0 cm³/mol. The largest absolute Gasteiger partial charge is 0.368 e. The number of nitrogens with one attached hydrogen (secondary N) is 1. The van der Waals surface area contributed by atoms with Crippen LogP contribution in [0.3, 0.4) is 0 Å². The molecule has 0 spiro atoms. The molecule has 0 bridgehead atoms. The van der Waals surface area contributed by atoms with Crippen molar-refractivity contribution in [1.29, 1.82) is 0 Å². The molecule has 0 rings (SSSR count). The van der Waals surface area contributed by atoms with Crippen molar-refractivity contribution < 1.29 is 9.59 Å². The van der Waals surface area contributed by atoms with E-state index in [-0.39, 0.29) is 17.7 Å². The van der Waals surface area contributed by atoms with Crippen molar-refractivity contribution in [2.45, 2.75) is 46.6 Å². The summed E-state index contributed by atoms with van der Waals surface area (Å²) in [5.74, 6) is -0.190. The van der Waals surface area contributed by atoms with Gasteiger partial charge in [0, 0.05) is 6.42 Å². The van der Waals surface area contributed by atoms with Gasteiger partial charge in [-0.05, 0) is 11.8 Å². The summed E-state index contributed by atoms with van der Waals surface area (Å²) < 4.78 is 0. The monoisotopic (exact) mass is 214 g/mol. The summed E-state index contributed by atoms with van der Waals surface area (Å²) in [6.07, 6.45) is 1.25. The lowest BCUT2D eigenvalue weighted by Crippen LogP contribution is -2.48. The van der Waals surface area contributed by atoms with Crippen LogP contribution in [0.25, 0.3) is 0 Å². The van der Waals surface area contributed by atoms with Gasteiger partial charge in [-0.25, -0.2) is 0 Å².